The Hall–Kier alpha value is -1.97. The smallest absolute Gasteiger partial charge is 0.334 e. The van der Waals surface area contributed by atoms with E-state index in [0.29, 0.717) is 36.8 Å². The van der Waals surface area contributed by atoms with Crippen LogP contribution in [-0.4, -0.2) is 23.6 Å². The molecular weight excluding hydrogens is 304 g/mol. The molecule has 4 atom stereocenters. The zero-order valence-electron chi connectivity index (χ0n) is 14.6. The van der Waals surface area contributed by atoms with Crippen LogP contribution in [0.1, 0.15) is 46.5 Å². The second kappa shape index (κ2) is 5.83. The maximum absolute atomic E-state index is 12.5. The minimum atomic E-state index is -0.337. The number of carbonyl (C=O) groups excluding carboxylic acids is 3. The number of esters is 1. The maximum atomic E-state index is 12.5. The van der Waals surface area contributed by atoms with Crippen molar-refractivity contribution in [3.8, 4) is 0 Å². The molecule has 0 N–H and O–H groups in total. The molecule has 0 saturated heterocycles. The van der Waals surface area contributed by atoms with E-state index in [1.807, 2.05) is 19.9 Å². The number of ketones is 2. The van der Waals surface area contributed by atoms with Gasteiger partial charge in [-0.2, -0.15) is 0 Å². The topological polar surface area (TPSA) is 60.4 Å². The van der Waals surface area contributed by atoms with Crippen molar-refractivity contribution in [1.29, 1.82) is 0 Å². The van der Waals surface area contributed by atoms with Crippen LogP contribution in [0, 0.1) is 17.3 Å². The summed E-state index contributed by atoms with van der Waals surface area (Å²) in [5.74, 6) is -0.497. The lowest BCUT2D eigenvalue weighted by Crippen LogP contribution is -2.23. The van der Waals surface area contributed by atoms with Gasteiger partial charge >= 0.3 is 5.97 Å². The molecule has 0 spiro atoms. The summed E-state index contributed by atoms with van der Waals surface area (Å²) in [5, 5.41) is 0. The molecule has 1 aliphatic heterocycles. The third kappa shape index (κ3) is 2.90. The molecule has 3 rings (SSSR count). The Bertz CT molecular complexity index is 696. The van der Waals surface area contributed by atoms with Crippen molar-refractivity contribution in [3.63, 3.8) is 0 Å². The maximum Gasteiger partial charge on any atom is 0.334 e. The van der Waals surface area contributed by atoms with Crippen LogP contribution in [-0.2, 0) is 19.1 Å². The van der Waals surface area contributed by atoms with Crippen LogP contribution in [0.4, 0.5) is 0 Å². The normalized spacial score (nSPS) is 38.6. The van der Waals surface area contributed by atoms with E-state index in [1.54, 1.807) is 6.92 Å². The van der Waals surface area contributed by atoms with E-state index in [9.17, 15) is 14.4 Å². The van der Waals surface area contributed by atoms with Crippen molar-refractivity contribution in [1.82, 2.24) is 0 Å². The number of ether oxygens (including phenoxy) is 1. The van der Waals surface area contributed by atoms with Gasteiger partial charge in [0, 0.05) is 23.3 Å². The summed E-state index contributed by atoms with van der Waals surface area (Å²) >= 11 is 0. The highest BCUT2D eigenvalue weighted by Crippen LogP contribution is 2.58. The molecule has 3 aliphatic rings. The molecule has 0 aromatic carbocycles. The van der Waals surface area contributed by atoms with E-state index in [0.717, 1.165) is 5.57 Å². The van der Waals surface area contributed by atoms with E-state index in [4.69, 9.17) is 4.74 Å². The molecule has 1 saturated carbocycles. The molecule has 4 nitrogen and oxygen atoms in total. The zero-order valence-corrected chi connectivity index (χ0v) is 14.6. The third-order valence-corrected chi connectivity index (χ3v) is 5.81. The Kier molecular flexibility index (Phi) is 4.10. The molecule has 2 bridgehead atoms. The fraction of sp³-hybridized carbons (Fsp3) is 0.550. The number of allylic oxidation sites excluding steroid dienone is 3. The molecule has 1 heterocycles. The Labute approximate surface area is 142 Å². The first-order valence-corrected chi connectivity index (χ1v) is 8.55. The van der Waals surface area contributed by atoms with E-state index >= 15 is 0 Å². The van der Waals surface area contributed by atoms with Gasteiger partial charge in [0.25, 0.3) is 0 Å². The quantitative estimate of drug-likeness (QED) is 0.547. The van der Waals surface area contributed by atoms with Crippen molar-refractivity contribution in [2.75, 3.05) is 0 Å². The van der Waals surface area contributed by atoms with Crippen molar-refractivity contribution in [2.24, 2.45) is 17.3 Å². The molecule has 4 heteroatoms. The summed E-state index contributed by atoms with van der Waals surface area (Å²) in [6.07, 6.45) is 5.34. The summed E-state index contributed by atoms with van der Waals surface area (Å²) < 4.78 is 5.52. The number of hydrogen-bond acceptors (Lipinski definition) is 4. The highest BCUT2D eigenvalue weighted by molar-refractivity contribution is 6.04. The number of hydrogen-bond donors (Lipinski definition) is 0. The molecule has 0 amide bonds. The van der Waals surface area contributed by atoms with Crippen molar-refractivity contribution in [3.05, 3.63) is 35.5 Å². The van der Waals surface area contributed by atoms with Crippen LogP contribution in [0.5, 0.6) is 0 Å². The van der Waals surface area contributed by atoms with Gasteiger partial charge < -0.3 is 4.74 Å². The van der Waals surface area contributed by atoms with E-state index in [1.165, 1.54) is 6.08 Å². The van der Waals surface area contributed by atoms with Gasteiger partial charge in [-0.1, -0.05) is 19.1 Å². The summed E-state index contributed by atoms with van der Waals surface area (Å²) in [7, 11) is 0. The summed E-state index contributed by atoms with van der Waals surface area (Å²) in [6.45, 7) is 9.57. The predicted molar refractivity (Wildman–Crippen MR) is 90.1 cm³/mol. The fourth-order valence-electron chi connectivity index (χ4n) is 3.74. The van der Waals surface area contributed by atoms with Crippen molar-refractivity contribution >= 4 is 17.5 Å². The number of carbonyl (C=O) groups is 3. The summed E-state index contributed by atoms with van der Waals surface area (Å²) in [6, 6.07) is 0. The van der Waals surface area contributed by atoms with Crippen molar-refractivity contribution < 1.29 is 19.1 Å². The minimum Gasteiger partial charge on any atom is -0.454 e. The lowest BCUT2D eigenvalue weighted by atomic mass is 9.88. The first-order valence-electron chi connectivity index (χ1n) is 8.55. The van der Waals surface area contributed by atoms with Crippen molar-refractivity contribution in [2.45, 2.75) is 52.6 Å². The predicted octanol–water partition coefficient (Wildman–Crippen LogP) is 3.33. The van der Waals surface area contributed by atoms with Gasteiger partial charge in [-0.25, -0.2) is 4.79 Å². The second-order valence-corrected chi connectivity index (χ2v) is 7.72. The average Bonchev–Trinajstić information content (AvgIpc) is 3.06. The average molecular weight is 328 g/mol. The van der Waals surface area contributed by atoms with Gasteiger partial charge in [0.15, 0.2) is 11.6 Å². The van der Waals surface area contributed by atoms with Crippen LogP contribution in [0.3, 0.4) is 0 Å². The Morgan fingerprint density at radius 2 is 2.04 bits per heavy atom. The number of rotatable bonds is 1. The Morgan fingerprint density at radius 3 is 2.71 bits per heavy atom. The fourth-order valence-corrected chi connectivity index (χ4v) is 3.74. The molecule has 128 valence electrons. The molecule has 0 unspecified atom stereocenters. The minimum absolute atomic E-state index is 0.00887. The molecule has 1 fully saturated rings. The molecule has 0 radical (unpaired) electrons. The second-order valence-electron chi connectivity index (χ2n) is 7.72. The highest BCUT2D eigenvalue weighted by atomic mass is 16.5. The molecule has 24 heavy (non-hydrogen) atoms. The Morgan fingerprint density at radius 1 is 1.33 bits per heavy atom. The summed E-state index contributed by atoms with van der Waals surface area (Å²) in [5.41, 5.74) is 1.77. The van der Waals surface area contributed by atoms with Gasteiger partial charge in [-0.05, 0) is 56.8 Å². The lowest BCUT2D eigenvalue weighted by Gasteiger charge is -2.17. The first kappa shape index (κ1) is 16.9. The molecule has 0 aromatic heterocycles. The van der Waals surface area contributed by atoms with Gasteiger partial charge in [0.05, 0.1) is 0 Å². The van der Waals surface area contributed by atoms with Crippen LogP contribution in [0.25, 0.3) is 0 Å². The van der Waals surface area contributed by atoms with Gasteiger partial charge in [-0.3, -0.25) is 9.59 Å². The molecule has 0 aromatic rings. The van der Waals surface area contributed by atoms with Gasteiger partial charge in [0.1, 0.15) is 6.10 Å². The largest absolute Gasteiger partial charge is 0.454 e. The van der Waals surface area contributed by atoms with Gasteiger partial charge in [-0.15, -0.1) is 0 Å². The van der Waals surface area contributed by atoms with E-state index in [2.05, 4.69) is 6.58 Å². The molecule has 2 aliphatic carbocycles. The standard InChI is InChI=1S/C20H24O4/c1-11(2)13-5-6-14-9-18(24-19(14)23)20(4)10-15(20)17(22)7-12(3)16(21)8-13/h7,9,13,15,18H,1,5-6,8,10H2,2-4H3/b12-7-/t13-,15+,18-,20+/m0/s1. The van der Waals surface area contributed by atoms with E-state index in [-0.39, 0.29) is 40.9 Å². The molecular formula is C20H24O4. The first-order chi connectivity index (χ1) is 11.2. The number of Topliss-reactive ketones (excluding diaryl/α,β-unsaturated/α-hetero) is 1. The lowest BCUT2D eigenvalue weighted by molar-refractivity contribution is -0.142. The summed E-state index contributed by atoms with van der Waals surface area (Å²) in [4.78, 5) is 37.0. The van der Waals surface area contributed by atoms with E-state index < -0.39 is 0 Å². The third-order valence-electron chi connectivity index (χ3n) is 5.81. The zero-order chi connectivity index (χ0) is 17.6. The SMILES string of the molecule is C=C(C)[C@H]1CCC2=C[C@H](OC2=O)[C@]2(C)C[C@@H]2C(=O)/C=C(/C)C(=O)C1. The highest BCUT2D eigenvalue weighted by Gasteiger charge is 2.60. The van der Waals surface area contributed by atoms with Crippen LogP contribution >= 0.6 is 0 Å². The monoisotopic (exact) mass is 328 g/mol. The van der Waals surface area contributed by atoms with Gasteiger partial charge in [0.2, 0.25) is 0 Å². The van der Waals surface area contributed by atoms with Crippen LogP contribution in [0.2, 0.25) is 0 Å². The Balaban J connectivity index is 1.93. The van der Waals surface area contributed by atoms with Crippen LogP contribution in [0.15, 0.2) is 35.5 Å². The van der Waals surface area contributed by atoms with Crippen LogP contribution < -0.4 is 0 Å². The number of fused-ring (bicyclic) bond motifs is 3.